The topological polar surface area (TPSA) is 56.4 Å². The first kappa shape index (κ1) is 24.0. The van der Waals surface area contributed by atoms with Crippen molar-refractivity contribution >= 4 is 87.2 Å². The van der Waals surface area contributed by atoms with E-state index >= 15 is 0 Å². The summed E-state index contributed by atoms with van der Waals surface area (Å²) in [6, 6.07) is 44.6. The van der Waals surface area contributed by atoms with Crippen molar-refractivity contribution in [1.82, 2.24) is 23.3 Å². The van der Waals surface area contributed by atoms with Crippen LogP contribution < -0.4 is 0 Å². The molecule has 66 heavy (non-hydrogen) atoms. The van der Waals surface area contributed by atoms with Crippen LogP contribution in [0.2, 0.25) is 0 Å². The number of aromatic nitrogens is 5. The van der Waals surface area contributed by atoms with Crippen molar-refractivity contribution in [1.29, 1.82) is 5.26 Å². The second-order valence-corrected chi connectivity index (χ2v) is 16.7. The number of fused-ring (bicyclic) bond motifs is 12. The highest BCUT2D eigenvalue weighted by Gasteiger charge is 2.32. The first-order valence-electron chi connectivity index (χ1n) is 30.2. The van der Waals surface area contributed by atoms with E-state index in [1.165, 1.54) is 60.7 Å². The molecule has 0 radical (unpaired) electrons. The highest BCUT2D eigenvalue weighted by molar-refractivity contribution is 6.15. The first-order chi connectivity index (χ1) is 39.4. The molecule has 0 atom stereocenters. The molecular formula is C60H44N6. The zero-order chi connectivity index (χ0) is 59.7. The summed E-state index contributed by atoms with van der Waals surface area (Å²) < 4.78 is 160. The molecule has 6 nitrogen and oxygen atoms in total. The van der Waals surface area contributed by atoms with E-state index in [0.717, 1.165) is 0 Å². The average Bonchev–Trinajstić information content (AvgIpc) is 1.74. The Hall–Kier alpha value is -8.40. The standard InChI is InChI=1S/C60H44N6/c1-34-15-21-51-42(27-34)40-11-7-9-13-49(40)63(51)57-48(33-61)59(65-55-25-19-38(5)31-46(55)47-32-39(6)20-26-56(47)65)62-60(66-50-14-10-8-12-41(50)43-28-35(2)18-24-54(43)66)58(57)64-52-22-16-36(3)29-44(52)45-30-37(4)17-23-53(45)64/h7-32H,1-6H3/i1D3,2D3,3D3,4D3,5D3,6D3. The smallest absolute Gasteiger partial charge is 0.166 e. The summed E-state index contributed by atoms with van der Waals surface area (Å²) in [4.78, 5) is 5.68. The molecule has 13 rings (SSSR count). The lowest BCUT2D eigenvalue weighted by Gasteiger charge is -2.24. The molecule has 0 unspecified atom stereocenters. The van der Waals surface area contributed by atoms with E-state index < -0.39 is 41.1 Å². The fourth-order valence-corrected chi connectivity index (χ4v) is 10.3. The Kier molecular flexibility index (Phi) is 5.03. The van der Waals surface area contributed by atoms with Crippen molar-refractivity contribution in [3.05, 3.63) is 197 Å². The molecule has 0 aliphatic rings. The summed E-state index contributed by atoms with van der Waals surface area (Å²) in [5.74, 6) is 0.0449. The van der Waals surface area contributed by atoms with Crippen LogP contribution in [0.15, 0.2) is 158 Å². The number of nitriles is 1. The Balaban J connectivity index is 1.34. The van der Waals surface area contributed by atoms with Crippen LogP contribution in [0.5, 0.6) is 0 Å². The molecule has 0 aliphatic carbocycles. The number of para-hydroxylation sites is 2. The van der Waals surface area contributed by atoms with Gasteiger partial charge in [0.25, 0.3) is 0 Å². The van der Waals surface area contributed by atoms with Crippen LogP contribution in [-0.4, -0.2) is 23.3 Å². The van der Waals surface area contributed by atoms with Crippen molar-refractivity contribution in [2.75, 3.05) is 0 Å². The SMILES string of the molecule is [2H]C([2H])([2H])c1ccc2c(c1)c1cc(C([2H])([2H])[2H])ccc1n2-c1nc(-n2c3ccccc3c3cc(C([2H])([2H])[2H])ccc32)c(-n2c3ccc(C([2H])([2H])[2H])cc3c3cc(C([2H])([2H])[2H])ccc32)c(-n2c3ccccc3c3cc(C([2H])([2H])[2H])ccc32)c1C#N. The number of aryl methyl sites for hydroxylation is 6. The van der Waals surface area contributed by atoms with Gasteiger partial charge in [-0.3, -0.25) is 9.13 Å². The van der Waals surface area contributed by atoms with E-state index in [9.17, 15) is 5.26 Å². The largest absolute Gasteiger partial charge is 0.306 e. The average molecular weight is 867 g/mol. The van der Waals surface area contributed by atoms with E-state index in [1.807, 2.05) is 33.4 Å². The van der Waals surface area contributed by atoms with Crippen LogP contribution in [0.4, 0.5) is 0 Å². The van der Waals surface area contributed by atoms with Crippen molar-refractivity contribution in [3.8, 4) is 29.1 Å². The molecule has 0 saturated heterocycles. The van der Waals surface area contributed by atoms with Crippen molar-refractivity contribution in [2.45, 2.75) is 41.1 Å². The summed E-state index contributed by atoms with van der Waals surface area (Å²) in [6.07, 6.45) is 0. The van der Waals surface area contributed by atoms with Crippen LogP contribution in [0.25, 0.3) is 110 Å². The molecule has 0 N–H and O–H groups in total. The van der Waals surface area contributed by atoms with E-state index in [0.29, 0.717) is 87.2 Å². The van der Waals surface area contributed by atoms with Gasteiger partial charge in [-0.1, -0.05) is 106 Å². The molecule has 0 bridgehead atoms. The predicted octanol–water partition coefficient (Wildman–Crippen LogP) is 15.2. The molecule has 5 aromatic heterocycles. The summed E-state index contributed by atoms with van der Waals surface area (Å²) in [5.41, 5.74) is 3.31. The highest BCUT2D eigenvalue weighted by atomic mass is 15.2. The fourth-order valence-electron chi connectivity index (χ4n) is 10.3. The van der Waals surface area contributed by atoms with Crippen LogP contribution in [0.3, 0.4) is 0 Å². The summed E-state index contributed by atoms with van der Waals surface area (Å²) in [5, 5.41) is 15.9. The Morgan fingerprint density at radius 3 is 1.03 bits per heavy atom. The monoisotopic (exact) mass is 866 g/mol. The number of benzene rings is 8. The summed E-state index contributed by atoms with van der Waals surface area (Å²) in [6.45, 7) is -15.5. The highest BCUT2D eigenvalue weighted by Crippen LogP contribution is 2.46. The maximum atomic E-state index is 12.4. The van der Waals surface area contributed by atoms with E-state index in [-0.39, 0.29) is 62.0 Å². The van der Waals surface area contributed by atoms with E-state index in [4.69, 9.17) is 29.7 Å². The summed E-state index contributed by atoms with van der Waals surface area (Å²) >= 11 is 0. The lowest BCUT2D eigenvalue weighted by molar-refractivity contribution is 0.955. The lowest BCUT2D eigenvalue weighted by atomic mass is 10.1. The zero-order valence-corrected chi connectivity index (χ0v) is 34.7. The minimum atomic E-state index is -2.62. The minimum absolute atomic E-state index is 0.0344. The molecular weight excluding hydrogens is 805 g/mol. The number of pyridine rings is 1. The third-order valence-corrected chi connectivity index (χ3v) is 13.0. The molecule has 0 spiro atoms. The van der Waals surface area contributed by atoms with Crippen molar-refractivity contribution < 1.29 is 24.7 Å². The molecule has 13 aromatic rings. The number of rotatable bonds is 4. The molecule has 6 heteroatoms. The molecule has 5 heterocycles. The maximum Gasteiger partial charge on any atom is 0.166 e. The quantitative estimate of drug-likeness (QED) is 0.177. The van der Waals surface area contributed by atoms with Crippen molar-refractivity contribution in [2.24, 2.45) is 0 Å². The van der Waals surface area contributed by atoms with Gasteiger partial charge in [0.1, 0.15) is 17.3 Å². The van der Waals surface area contributed by atoms with E-state index in [2.05, 4.69) is 6.07 Å². The van der Waals surface area contributed by atoms with Crippen LogP contribution in [-0.2, 0) is 0 Å². The van der Waals surface area contributed by atoms with Gasteiger partial charge in [-0.2, -0.15) is 5.26 Å². The Bertz CT molecular complexity index is 4870. The molecule has 0 amide bonds. The third kappa shape index (κ3) is 5.26. The van der Waals surface area contributed by atoms with Crippen LogP contribution in [0.1, 0.15) is 63.6 Å². The summed E-state index contributed by atoms with van der Waals surface area (Å²) in [7, 11) is 0. The van der Waals surface area contributed by atoms with Gasteiger partial charge in [-0.05, 0) is 126 Å². The van der Waals surface area contributed by atoms with Gasteiger partial charge >= 0.3 is 0 Å². The van der Waals surface area contributed by atoms with Gasteiger partial charge in [0.15, 0.2) is 11.6 Å². The number of hydrogen-bond donors (Lipinski definition) is 0. The molecule has 0 saturated carbocycles. The van der Waals surface area contributed by atoms with Gasteiger partial charge < -0.3 is 9.13 Å². The third-order valence-electron chi connectivity index (χ3n) is 13.0. The van der Waals surface area contributed by atoms with Gasteiger partial charge in [-0.15, -0.1) is 0 Å². The second kappa shape index (κ2) is 13.8. The first-order valence-corrected chi connectivity index (χ1v) is 21.2. The van der Waals surface area contributed by atoms with Gasteiger partial charge in [-0.25, -0.2) is 4.98 Å². The number of nitrogens with zero attached hydrogens (tertiary/aromatic N) is 6. The molecule has 8 aromatic carbocycles. The second-order valence-electron chi connectivity index (χ2n) is 16.7. The fraction of sp³-hybridized carbons (Fsp3) is 0.100. The van der Waals surface area contributed by atoms with Gasteiger partial charge in [0, 0.05) is 67.8 Å². The van der Waals surface area contributed by atoms with Gasteiger partial charge in [0.2, 0.25) is 0 Å². The molecule has 0 aliphatic heterocycles. The van der Waals surface area contributed by atoms with E-state index in [1.54, 1.807) is 81.9 Å². The zero-order valence-electron chi connectivity index (χ0n) is 52.7. The Morgan fingerprint density at radius 1 is 0.348 bits per heavy atom. The molecule has 314 valence electrons. The lowest BCUT2D eigenvalue weighted by Crippen LogP contribution is -2.16. The normalized spacial score (nSPS) is 17.3. The Morgan fingerprint density at radius 2 is 0.652 bits per heavy atom. The predicted molar refractivity (Wildman–Crippen MR) is 275 cm³/mol. The van der Waals surface area contributed by atoms with Gasteiger partial charge in [0.05, 0.1) is 49.8 Å². The maximum absolute atomic E-state index is 12.4. The van der Waals surface area contributed by atoms with Crippen LogP contribution in [0, 0.1) is 52.4 Å². The minimum Gasteiger partial charge on any atom is -0.306 e. The van der Waals surface area contributed by atoms with Crippen molar-refractivity contribution in [3.63, 3.8) is 0 Å². The number of hydrogen-bond acceptors (Lipinski definition) is 2. The van der Waals surface area contributed by atoms with Crippen LogP contribution >= 0.6 is 0 Å². The Labute approximate surface area is 406 Å². The molecule has 0 fully saturated rings.